The van der Waals surface area contributed by atoms with Crippen molar-refractivity contribution in [2.75, 3.05) is 18.3 Å². The first kappa shape index (κ1) is 30.2. The van der Waals surface area contributed by atoms with Crippen molar-refractivity contribution in [3.63, 3.8) is 0 Å². The Bertz CT molecular complexity index is 2010. The monoisotopic (exact) mass is 624 g/mol. The van der Waals surface area contributed by atoms with E-state index in [2.05, 4.69) is 10.1 Å². The van der Waals surface area contributed by atoms with E-state index in [0.717, 1.165) is 40.9 Å². The molecule has 44 heavy (non-hydrogen) atoms. The maximum Gasteiger partial charge on any atom is 0.416 e. The zero-order valence-electron chi connectivity index (χ0n) is 23.4. The number of fused-ring (bicyclic) bond motifs is 1. The number of carbonyl (C=O) groups is 1. The van der Waals surface area contributed by atoms with Crippen LogP contribution in [0.3, 0.4) is 0 Å². The first-order chi connectivity index (χ1) is 20.7. The highest BCUT2D eigenvalue weighted by molar-refractivity contribution is 7.90. The predicted octanol–water partition coefficient (Wildman–Crippen LogP) is 3.97. The molecule has 11 nitrogen and oxygen atoms in total. The highest BCUT2D eigenvalue weighted by atomic mass is 32.2. The summed E-state index contributed by atoms with van der Waals surface area (Å²) >= 11 is 0. The third kappa shape index (κ3) is 5.47. The van der Waals surface area contributed by atoms with Crippen LogP contribution in [-0.4, -0.2) is 47.1 Å². The lowest BCUT2D eigenvalue weighted by molar-refractivity contribution is -0.138. The van der Waals surface area contributed by atoms with Crippen molar-refractivity contribution in [1.82, 2.24) is 19.3 Å². The van der Waals surface area contributed by atoms with Crippen LogP contribution in [0.25, 0.3) is 0 Å². The molecular formula is C29H23F3N6O5S. The van der Waals surface area contributed by atoms with E-state index < -0.39 is 39.3 Å². The molecule has 3 heterocycles. The van der Waals surface area contributed by atoms with Crippen molar-refractivity contribution in [3.8, 4) is 6.07 Å². The summed E-state index contributed by atoms with van der Waals surface area (Å²) in [5.74, 6) is -0.932. The summed E-state index contributed by atoms with van der Waals surface area (Å²) in [6, 6.07) is 14.1. The number of nitriles is 1. The molecule has 15 heteroatoms. The minimum atomic E-state index is -4.68. The van der Waals surface area contributed by atoms with Crippen molar-refractivity contribution in [2.45, 2.75) is 30.6 Å². The molecule has 1 atom stereocenters. The van der Waals surface area contributed by atoms with E-state index in [-0.39, 0.29) is 40.0 Å². The average molecular weight is 625 g/mol. The zero-order valence-corrected chi connectivity index (χ0v) is 24.2. The molecule has 0 amide bonds. The molecule has 0 aliphatic carbocycles. The minimum Gasteiger partial charge on any atom is -0.466 e. The smallest absolute Gasteiger partial charge is 0.416 e. The van der Waals surface area contributed by atoms with Crippen LogP contribution in [0, 0.1) is 11.3 Å². The van der Waals surface area contributed by atoms with E-state index in [1.165, 1.54) is 48.2 Å². The van der Waals surface area contributed by atoms with Gasteiger partial charge in [0.25, 0.3) is 0 Å². The van der Waals surface area contributed by atoms with Gasteiger partial charge < -0.3 is 4.74 Å². The second-order valence-electron chi connectivity index (χ2n) is 9.88. The van der Waals surface area contributed by atoms with E-state index in [4.69, 9.17) is 4.74 Å². The second-order valence-corrected chi connectivity index (χ2v) is 11.9. The number of halogens is 3. The standard InChI is InChI=1S/C29H23F3N6O5S/c1-17-24(26(39)43-2)25(19-9-7-18(14-33)8-10-19)38-27(37(17)22-6-4-5-20(13-22)29(30,31)32)35-36(28(38)40)16-21-11-12-23(15-34-21)44(3,41)42/h4-13,15,25H,16H2,1-3H3. The Morgan fingerprint density at radius 1 is 1.11 bits per heavy atom. The highest BCUT2D eigenvalue weighted by Gasteiger charge is 2.41. The van der Waals surface area contributed by atoms with Gasteiger partial charge in [-0.05, 0) is 55.0 Å². The molecule has 0 saturated carbocycles. The minimum absolute atomic E-state index is 0.0222. The largest absolute Gasteiger partial charge is 0.466 e. The van der Waals surface area contributed by atoms with Crippen LogP contribution in [-0.2, 0) is 32.1 Å². The Balaban J connectivity index is 1.75. The molecule has 1 unspecified atom stereocenters. The van der Waals surface area contributed by atoms with E-state index >= 15 is 0 Å². The number of hydrogen-bond acceptors (Lipinski definition) is 9. The highest BCUT2D eigenvalue weighted by Crippen LogP contribution is 2.43. The fourth-order valence-corrected chi connectivity index (χ4v) is 5.48. The number of pyridine rings is 1. The van der Waals surface area contributed by atoms with Crippen molar-refractivity contribution in [2.24, 2.45) is 0 Å². The maximum absolute atomic E-state index is 14.0. The van der Waals surface area contributed by atoms with Crippen molar-refractivity contribution >= 4 is 27.4 Å². The summed E-state index contributed by atoms with van der Waals surface area (Å²) in [4.78, 5) is 32.7. The van der Waals surface area contributed by atoms with E-state index in [1.807, 2.05) is 6.07 Å². The molecular weight excluding hydrogens is 601 g/mol. The molecule has 5 rings (SSSR count). The summed E-state index contributed by atoms with van der Waals surface area (Å²) in [6.07, 6.45) is -2.51. The van der Waals surface area contributed by atoms with Gasteiger partial charge in [-0.15, -0.1) is 5.10 Å². The number of alkyl halides is 3. The fraction of sp³-hybridized carbons (Fsp3) is 0.207. The van der Waals surface area contributed by atoms with Gasteiger partial charge in [0.15, 0.2) is 9.84 Å². The predicted molar refractivity (Wildman–Crippen MR) is 151 cm³/mol. The second kappa shape index (κ2) is 11.1. The maximum atomic E-state index is 14.0. The van der Waals surface area contributed by atoms with Gasteiger partial charge in [0.2, 0.25) is 5.95 Å². The van der Waals surface area contributed by atoms with Crippen LogP contribution < -0.4 is 10.6 Å². The lowest BCUT2D eigenvalue weighted by Gasteiger charge is -2.35. The van der Waals surface area contributed by atoms with Crippen molar-refractivity contribution in [3.05, 3.63) is 111 Å². The number of aromatic nitrogens is 4. The van der Waals surface area contributed by atoms with Crippen molar-refractivity contribution in [1.29, 1.82) is 5.26 Å². The van der Waals surface area contributed by atoms with Gasteiger partial charge in [0, 0.05) is 23.8 Å². The molecule has 0 saturated heterocycles. The molecule has 2 aromatic heterocycles. The first-order valence-corrected chi connectivity index (χ1v) is 14.7. The number of allylic oxidation sites excluding steroid dienone is 1. The van der Waals surface area contributed by atoms with Crippen LogP contribution in [0.5, 0.6) is 0 Å². The van der Waals surface area contributed by atoms with Crippen LogP contribution >= 0.6 is 0 Å². The number of sulfone groups is 1. The van der Waals surface area contributed by atoms with Gasteiger partial charge in [-0.2, -0.15) is 18.4 Å². The quantitative estimate of drug-likeness (QED) is 0.292. The lowest BCUT2D eigenvalue weighted by atomic mass is 9.93. The number of carbonyl (C=O) groups excluding carboxylic acids is 1. The number of methoxy groups -OCH3 is 1. The lowest BCUT2D eigenvalue weighted by Crippen LogP contribution is -2.38. The SMILES string of the molecule is COC(=O)C1=C(C)N(c2cccc(C(F)(F)F)c2)c2nn(Cc3ccc(S(C)(=O)=O)cn3)c(=O)n2C1c1ccc(C#N)cc1. The topological polar surface area (TPSA) is 140 Å². The first-order valence-electron chi connectivity index (χ1n) is 12.9. The van der Waals surface area contributed by atoms with Gasteiger partial charge >= 0.3 is 17.8 Å². The number of benzene rings is 2. The number of esters is 1. The van der Waals surface area contributed by atoms with E-state index in [9.17, 15) is 36.4 Å². The summed E-state index contributed by atoms with van der Waals surface area (Å²) < 4.78 is 72.0. The molecule has 0 N–H and O–H groups in total. The molecule has 0 spiro atoms. The normalized spacial score (nSPS) is 15.1. The average Bonchev–Trinajstić information content (AvgIpc) is 3.30. The third-order valence-electron chi connectivity index (χ3n) is 7.04. The van der Waals surface area contributed by atoms with Crippen LogP contribution in [0.1, 0.15) is 35.3 Å². The Kier molecular flexibility index (Phi) is 7.64. The Hall–Kier alpha value is -5.23. The van der Waals surface area contributed by atoms with Crippen LogP contribution in [0.4, 0.5) is 24.8 Å². The van der Waals surface area contributed by atoms with Gasteiger partial charge in [-0.3, -0.25) is 9.88 Å². The van der Waals surface area contributed by atoms with Gasteiger partial charge in [0.1, 0.15) is 6.04 Å². The van der Waals surface area contributed by atoms with Crippen molar-refractivity contribution < 1.29 is 31.1 Å². The van der Waals surface area contributed by atoms with E-state index in [0.29, 0.717) is 11.1 Å². The number of ether oxygens (including phenoxy) is 1. The van der Waals surface area contributed by atoms with Crippen LogP contribution in [0.2, 0.25) is 0 Å². The Morgan fingerprint density at radius 2 is 1.82 bits per heavy atom. The Labute approximate surface area is 249 Å². The van der Waals surface area contributed by atoms with Crippen LogP contribution in [0.15, 0.2) is 87.8 Å². The molecule has 1 aliphatic heterocycles. The number of anilines is 2. The molecule has 2 aromatic carbocycles. The summed E-state index contributed by atoms with van der Waals surface area (Å²) in [5, 5.41) is 13.7. The molecule has 226 valence electrons. The van der Waals surface area contributed by atoms with Gasteiger partial charge in [-0.25, -0.2) is 27.3 Å². The van der Waals surface area contributed by atoms with E-state index in [1.54, 1.807) is 12.1 Å². The number of nitrogens with zero attached hydrogens (tertiary/aromatic N) is 6. The Morgan fingerprint density at radius 3 is 2.39 bits per heavy atom. The fourth-order valence-electron chi connectivity index (χ4n) is 4.92. The molecule has 4 aromatic rings. The summed E-state index contributed by atoms with van der Waals surface area (Å²) in [5.41, 5.74) is -0.604. The molecule has 0 radical (unpaired) electrons. The zero-order chi connectivity index (χ0) is 32.0. The van der Waals surface area contributed by atoms with Gasteiger partial charge in [-0.1, -0.05) is 18.2 Å². The molecule has 0 bridgehead atoms. The van der Waals surface area contributed by atoms with Gasteiger partial charge in [0.05, 0.1) is 47.0 Å². The molecule has 0 fully saturated rings. The molecule has 1 aliphatic rings. The third-order valence-corrected chi connectivity index (χ3v) is 8.14. The number of rotatable bonds is 6. The summed E-state index contributed by atoms with van der Waals surface area (Å²) in [6.45, 7) is 1.27. The number of hydrogen-bond donors (Lipinski definition) is 0. The summed E-state index contributed by atoms with van der Waals surface area (Å²) in [7, 11) is -2.39.